The molecule has 9 heteroatoms. The lowest BCUT2D eigenvalue weighted by Crippen LogP contribution is -2.33. The average Bonchev–Trinajstić information content (AvgIpc) is 3.17. The second-order valence-electron chi connectivity index (χ2n) is 6.23. The molecule has 2 aromatic heterocycles. The molecule has 0 unspecified atom stereocenters. The van der Waals surface area contributed by atoms with Gasteiger partial charge in [0, 0.05) is 6.20 Å². The molecule has 3 aromatic rings. The Balaban J connectivity index is 1.69. The molecule has 3 heterocycles. The number of aliphatic hydroxyl groups is 3. The molecular weight excluding hydrogens is 340 g/mol. The van der Waals surface area contributed by atoms with Crippen LogP contribution in [0, 0.1) is 0 Å². The van der Waals surface area contributed by atoms with Gasteiger partial charge in [-0.1, -0.05) is 30.3 Å². The fourth-order valence-electron chi connectivity index (χ4n) is 3.12. The molecule has 0 radical (unpaired) electrons. The van der Waals surface area contributed by atoms with Crippen molar-refractivity contribution >= 4 is 11.2 Å². The molecule has 1 aliphatic rings. The van der Waals surface area contributed by atoms with Crippen LogP contribution >= 0.6 is 0 Å². The van der Waals surface area contributed by atoms with Crippen LogP contribution in [0.1, 0.15) is 11.8 Å². The maximum Gasteiger partial charge on any atom is 0.349 e. The van der Waals surface area contributed by atoms with Crippen molar-refractivity contribution in [2.75, 3.05) is 6.61 Å². The lowest BCUT2D eigenvalue weighted by molar-refractivity contribution is -0.0511. The summed E-state index contributed by atoms with van der Waals surface area (Å²) < 4.78 is 8.32. The Morgan fingerprint density at radius 3 is 2.62 bits per heavy atom. The van der Waals surface area contributed by atoms with Crippen molar-refractivity contribution in [3.05, 3.63) is 58.9 Å². The van der Waals surface area contributed by atoms with Crippen molar-refractivity contribution < 1.29 is 20.1 Å². The van der Waals surface area contributed by atoms with E-state index in [2.05, 4.69) is 9.97 Å². The van der Waals surface area contributed by atoms with Crippen molar-refractivity contribution in [2.45, 2.75) is 31.1 Å². The van der Waals surface area contributed by atoms with Gasteiger partial charge in [-0.3, -0.25) is 9.13 Å². The zero-order valence-electron chi connectivity index (χ0n) is 13.7. The fraction of sp³-hybridized carbons (Fsp3) is 0.353. The molecule has 0 amide bonds. The number of benzene rings is 1. The van der Waals surface area contributed by atoms with Crippen LogP contribution in [0.2, 0.25) is 0 Å². The molecule has 0 aliphatic carbocycles. The molecule has 136 valence electrons. The highest BCUT2D eigenvalue weighted by Crippen LogP contribution is 2.30. The summed E-state index contributed by atoms with van der Waals surface area (Å²) in [5, 5.41) is 29.3. The minimum absolute atomic E-state index is 0.245. The van der Waals surface area contributed by atoms with Gasteiger partial charge < -0.3 is 20.1 Å². The fourth-order valence-corrected chi connectivity index (χ4v) is 3.12. The number of ether oxygens (including phenoxy) is 1. The Morgan fingerprint density at radius 1 is 1.15 bits per heavy atom. The normalized spacial score (nSPS) is 25.8. The molecule has 4 rings (SSSR count). The van der Waals surface area contributed by atoms with E-state index in [-0.39, 0.29) is 5.65 Å². The van der Waals surface area contributed by atoms with Crippen LogP contribution in [0.5, 0.6) is 0 Å². The van der Waals surface area contributed by atoms with Crippen LogP contribution in [-0.4, -0.2) is 59.3 Å². The summed E-state index contributed by atoms with van der Waals surface area (Å²) in [6.45, 7) is -0.0675. The molecule has 1 aromatic carbocycles. The topological polar surface area (TPSA) is 123 Å². The molecule has 26 heavy (non-hydrogen) atoms. The Morgan fingerprint density at radius 2 is 1.92 bits per heavy atom. The predicted molar refractivity (Wildman–Crippen MR) is 90.3 cm³/mol. The molecule has 4 atom stereocenters. The third-order valence-corrected chi connectivity index (χ3v) is 4.51. The molecule has 0 spiro atoms. The lowest BCUT2D eigenvalue weighted by atomic mass is 10.1. The number of rotatable bonds is 4. The van der Waals surface area contributed by atoms with E-state index in [1.165, 1.54) is 15.5 Å². The highest BCUT2D eigenvalue weighted by molar-refractivity contribution is 5.69. The zero-order valence-corrected chi connectivity index (χ0v) is 13.7. The Hall–Kier alpha value is -2.59. The minimum atomic E-state index is -1.27. The summed E-state index contributed by atoms with van der Waals surface area (Å²) in [7, 11) is 0. The molecule has 9 nitrogen and oxygen atoms in total. The van der Waals surface area contributed by atoms with Gasteiger partial charge >= 0.3 is 5.69 Å². The largest absolute Gasteiger partial charge is 0.394 e. The predicted octanol–water partition coefficient (Wildman–Crippen LogP) is -0.747. The number of nitrogens with zero attached hydrogens (tertiary/aromatic N) is 4. The summed E-state index contributed by atoms with van der Waals surface area (Å²) in [6, 6.07) is 9.50. The Bertz CT molecular complexity index is 970. The van der Waals surface area contributed by atoms with Crippen molar-refractivity contribution in [3.63, 3.8) is 0 Å². The van der Waals surface area contributed by atoms with Gasteiger partial charge in [0.05, 0.1) is 19.5 Å². The molecule has 1 saturated heterocycles. The van der Waals surface area contributed by atoms with E-state index in [4.69, 9.17) is 4.74 Å². The summed E-state index contributed by atoms with van der Waals surface area (Å²) in [4.78, 5) is 20.7. The van der Waals surface area contributed by atoms with E-state index in [0.717, 1.165) is 5.56 Å². The van der Waals surface area contributed by atoms with E-state index >= 15 is 0 Å². The second kappa shape index (κ2) is 6.61. The highest BCUT2D eigenvalue weighted by Gasteiger charge is 2.43. The Labute approximate surface area is 147 Å². The quantitative estimate of drug-likeness (QED) is 0.561. The minimum Gasteiger partial charge on any atom is -0.394 e. The third-order valence-electron chi connectivity index (χ3n) is 4.51. The van der Waals surface area contributed by atoms with Crippen LogP contribution in [0.25, 0.3) is 11.2 Å². The maximum absolute atomic E-state index is 12.4. The summed E-state index contributed by atoms with van der Waals surface area (Å²) in [5.41, 5.74) is 1.20. The van der Waals surface area contributed by atoms with Crippen LogP contribution in [0.4, 0.5) is 0 Å². The van der Waals surface area contributed by atoms with Gasteiger partial charge in [0.15, 0.2) is 11.9 Å². The second-order valence-corrected chi connectivity index (χ2v) is 6.23. The first kappa shape index (κ1) is 16.9. The van der Waals surface area contributed by atoms with E-state index in [0.29, 0.717) is 12.1 Å². The van der Waals surface area contributed by atoms with Gasteiger partial charge in [-0.2, -0.15) is 4.98 Å². The SMILES string of the molecule is O=c1nc2c(cn1Cc1ccccc1)ncn2[C@@H]1O[C@H](CO)[C@@H](O)[C@H]1O. The molecule has 1 fully saturated rings. The summed E-state index contributed by atoms with van der Waals surface area (Å²) >= 11 is 0. The summed E-state index contributed by atoms with van der Waals surface area (Å²) in [5.74, 6) is 0. The third kappa shape index (κ3) is 2.80. The van der Waals surface area contributed by atoms with Gasteiger partial charge in [-0.15, -0.1) is 0 Å². The van der Waals surface area contributed by atoms with Crippen molar-refractivity contribution in [3.8, 4) is 0 Å². The first-order chi connectivity index (χ1) is 12.6. The molecule has 0 bridgehead atoms. The van der Waals surface area contributed by atoms with Gasteiger partial charge in [-0.05, 0) is 5.56 Å². The number of aliphatic hydroxyl groups excluding tert-OH is 3. The van der Waals surface area contributed by atoms with E-state index in [9.17, 15) is 20.1 Å². The zero-order chi connectivity index (χ0) is 18.3. The van der Waals surface area contributed by atoms with E-state index in [1.54, 1.807) is 6.20 Å². The van der Waals surface area contributed by atoms with Crippen molar-refractivity contribution in [1.82, 2.24) is 19.1 Å². The van der Waals surface area contributed by atoms with Gasteiger partial charge in [0.25, 0.3) is 0 Å². The molecule has 1 aliphatic heterocycles. The van der Waals surface area contributed by atoms with E-state index < -0.39 is 36.8 Å². The molecule has 3 N–H and O–H groups in total. The smallest absolute Gasteiger partial charge is 0.349 e. The van der Waals surface area contributed by atoms with Gasteiger partial charge in [-0.25, -0.2) is 9.78 Å². The number of hydrogen-bond donors (Lipinski definition) is 3. The van der Waals surface area contributed by atoms with Crippen LogP contribution < -0.4 is 5.69 Å². The molecular formula is C17H18N4O5. The first-order valence-electron chi connectivity index (χ1n) is 8.19. The van der Waals surface area contributed by atoms with Crippen molar-refractivity contribution in [1.29, 1.82) is 0 Å². The number of imidazole rings is 1. The number of fused-ring (bicyclic) bond motifs is 1. The standard InChI is InChI=1S/C17H18N4O5/c22-8-12-13(23)14(24)16(26-12)21-9-18-11-7-20(17(25)19-15(11)21)6-10-4-2-1-3-5-10/h1-5,7,9,12-14,16,22-24H,6,8H2/t12-,13-,14-,16-/m1/s1. The Kier molecular flexibility index (Phi) is 4.29. The average molecular weight is 358 g/mol. The molecule has 0 saturated carbocycles. The monoisotopic (exact) mass is 358 g/mol. The maximum atomic E-state index is 12.4. The van der Waals surface area contributed by atoms with Crippen LogP contribution in [-0.2, 0) is 11.3 Å². The highest BCUT2D eigenvalue weighted by atomic mass is 16.6. The van der Waals surface area contributed by atoms with E-state index in [1.807, 2.05) is 30.3 Å². The van der Waals surface area contributed by atoms with Crippen LogP contribution in [0.15, 0.2) is 47.7 Å². The van der Waals surface area contributed by atoms with Crippen LogP contribution in [0.3, 0.4) is 0 Å². The van der Waals surface area contributed by atoms with Gasteiger partial charge in [0.1, 0.15) is 23.8 Å². The summed E-state index contributed by atoms with van der Waals surface area (Å²) in [6.07, 6.45) is -1.41. The first-order valence-corrected chi connectivity index (χ1v) is 8.19. The number of aromatic nitrogens is 4. The lowest BCUT2D eigenvalue weighted by Gasteiger charge is -2.16. The van der Waals surface area contributed by atoms with Gasteiger partial charge in [0.2, 0.25) is 0 Å². The van der Waals surface area contributed by atoms with Crippen molar-refractivity contribution in [2.24, 2.45) is 0 Å². The number of hydrogen-bond acceptors (Lipinski definition) is 7.